The Kier molecular flexibility index (Phi) is 6.57. The SMILES string of the molecule is CCN1CCN(C(C)C2=C(C)C(C)(OC)[C@@H](Br)CN2CC)CC1. The van der Waals surface area contributed by atoms with Gasteiger partial charge in [-0.15, -0.1) is 0 Å². The van der Waals surface area contributed by atoms with Gasteiger partial charge in [0.05, 0.1) is 4.83 Å². The van der Waals surface area contributed by atoms with Crippen molar-refractivity contribution in [2.24, 2.45) is 0 Å². The van der Waals surface area contributed by atoms with Crippen LogP contribution in [0.15, 0.2) is 11.3 Å². The van der Waals surface area contributed by atoms with E-state index in [4.69, 9.17) is 4.74 Å². The van der Waals surface area contributed by atoms with Gasteiger partial charge in [-0.3, -0.25) is 4.90 Å². The summed E-state index contributed by atoms with van der Waals surface area (Å²) in [5.74, 6) is 0. The van der Waals surface area contributed by atoms with Gasteiger partial charge in [0.25, 0.3) is 0 Å². The Balaban J connectivity index is 2.26. The summed E-state index contributed by atoms with van der Waals surface area (Å²) in [6.07, 6.45) is 0. The van der Waals surface area contributed by atoms with Gasteiger partial charge in [0.15, 0.2) is 0 Å². The fourth-order valence-electron chi connectivity index (χ4n) is 3.99. The van der Waals surface area contributed by atoms with Gasteiger partial charge < -0.3 is 14.5 Å². The number of nitrogens with zero attached hydrogens (tertiary/aromatic N) is 3. The van der Waals surface area contributed by atoms with E-state index >= 15 is 0 Å². The zero-order valence-electron chi connectivity index (χ0n) is 15.7. The number of ether oxygens (including phenoxy) is 1. The summed E-state index contributed by atoms with van der Waals surface area (Å²) >= 11 is 3.86. The maximum Gasteiger partial charge on any atom is 0.102 e. The Labute approximate surface area is 151 Å². The normalized spacial score (nSPS) is 32.5. The molecule has 4 nitrogen and oxygen atoms in total. The molecule has 0 aromatic carbocycles. The van der Waals surface area contributed by atoms with Crippen molar-refractivity contribution >= 4 is 15.9 Å². The van der Waals surface area contributed by atoms with E-state index in [0.717, 1.165) is 32.7 Å². The van der Waals surface area contributed by atoms with Crippen LogP contribution in [0, 0.1) is 0 Å². The van der Waals surface area contributed by atoms with Gasteiger partial charge in [-0.1, -0.05) is 22.9 Å². The lowest BCUT2D eigenvalue weighted by Gasteiger charge is -2.49. The van der Waals surface area contributed by atoms with Crippen molar-refractivity contribution < 1.29 is 4.74 Å². The molecule has 3 atom stereocenters. The molecule has 0 amide bonds. The number of hydrogen-bond acceptors (Lipinski definition) is 4. The summed E-state index contributed by atoms with van der Waals surface area (Å²) in [5, 5.41) is 0. The van der Waals surface area contributed by atoms with Crippen LogP contribution in [0.25, 0.3) is 0 Å². The van der Waals surface area contributed by atoms with Gasteiger partial charge in [-0.05, 0) is 39.8 Å². The number of hydrogen-bond donors (Lipinski definition) is 0. The van der Waals surface area contributed by atoms with Crippen LogP contribution in [-0.4, -0.2) is 84.1 Å². The van der Waals surface area contributed by atoms with E-state index in [0.29, 0.717) is 10.9 Å². The molecule has 5 heteroatoms. The van der Waals surface area contributed by atoms with E-state index in [9.17, 15) is 0 Å². The van der Waals surface area contributed by atoms with Crippen molar-refractivity contribution in [1.29, 1.82) is 0 Å². The number of alkyl halides is 1. The van der Waals surface area contributed by atoms with Crippen molar-refractivity contribution in [2.45, 2.75) is 51.1 Å². The second-order valence-electron chi connectivity index (χ2n) is 6.97. The summed E-state index contributed by atoms with van der Waals surface area (Å²) in [4.78, 5) is 8.04. The molecule has 134 valence electrons. The molecule has 0 aromatic heterocycles. The molecule has 1 fully saturated rings. The van der Waals surface area contributed by atoms with Crippen LogP contribution < -0.4 is 0 Å². The monoisotopic (exact) mass is 387 g/mol. The fourth-order valence-corrected chi connectivity index (χ4v) is 4.87. The van der Waals surface area contributed by atoms with Gasteiger partial charge >= 0.3 is 0 Å². The first-order valence-electron chi connectivity index (χ1n) is 9.00. The van der Waals surface area contributed by atoms with Crippen molar-refractivity contribution in [3.05, 3.63) is 11.3 Å². The van der Waals surface area contributed by atoms with Crippen LogP contribution in [0.4, 0.5) is 0 Å². The lowest BCUT2D eigenvalue weighted by molar-refractivity contribution is 0.0127. The lowest BCUT2D eigenvalue weighted by Crippen LogP contribution is -2.56. The van der Waals surface area contributed by atoms with Crippen LogP contribution >= 0.6 is 15.9 Å². The third-order valence-electron chi connectivity index (χ3n) is 6.05. The highest BCUT2D eigenvalue weighted by Crippen LogP contribution is 2.39. The highest BCUT2D eigenvalue weighted by atomic mass is 79.9. The van der Waals surface area contributed by atoms with Crippen molar-refractivity contribution in [3.63, 3.8) is 0 Å². The number of methoxy groups -OCH3 is 1. The minimum Gasteiger partial charge on any atom is -0.373 e. The number of halogens is 1. The maximum atomic E-state index is 5.94. The number of rotatable bonds is 5. The predicted octanol–water partition coefficient (Wildman–Crippen LogP) is 2.79. The minimum atomic E-state index is -0.222. The molecule has 2 heterocycles. The van der Waals surface area contributed by atoms with Crippen molar-refractivity contribution in [1.82, 2.24) is 14.7 Å². The molecule has 2 aliphatic heterocycles. The Bertz CT molecular complexity index is 434. The second kappa shape index (κ2) is 7.85. The second-order valence-corrected chi connectivity index (χ2v) is 8.08. The molecule has 0 saturated carbocycles. The molecule has 0 radical (unpaired) electrons. The zero-order valence-corrected chi connectivity index (χ0v) is 17.3. The Hall–Kier alpha value is -0.100. The van der Waals surface area contributed by atoms with Gasteiger partial charge in [0.2, 0.25) is 0 Å². The molecular weight excluding hydrogens is 354 g/mol. The van der Waals surface area contributed by atoms with E-state index < -0.39 is 0 Å². The highest BCUT2D eigenvalue weighted by molar-refractivity contribution is 9.09. The van der Waals surface area contributed by atoms with Crippen LogP contribution in [-0.2, 0) is 4.74 Å². The van der Waals surface area contributed by atoms with Crippen molar-refractivity contribution in [3.8, 4) is 0 Å². The molecule has 0 N–H and O–H groups in total. The molecule has 0 aromatic rings. The maximum absolute atomic E-state index is 5.94. The van der Waals surface area contributed by atoms with E-state index in [1.165, 1.54) is 24.4 Å². The molecule has 1 saturated heterocycles. The van der Waals surface area contributed by atoms with E-state index in [2.05, 4.69) is 65.2 Å². The minimum absolute atomic E-state index is 0.222. The Morgan fingerprint density at radius 1 is 1.22 bits per heavy atom. The number of likely N-dealkylation sites (N-methyl/N-ethyl adjacent to an activating group) is 2. The van der Waals surface area contributed by atoms with Crippen LogP contribution in [0.1, 0.15) is 34.6 Å². The van der Waals surface area contributed by atoms with Crippen LogP contribution in [0.2, 0.25) is 0 Å². The van der Waals surface area contributed by atoms with Crippen LogP contribution in [0.5, 0.6) is 0 Å². The average molecular weight is 388 g/mol. The Morgan fingerprint density at radius 3 is 2.30 bits per heavy atom. The molecule has 0 aliphatic carbocycles. The summed E-state index contributed by atoms with van der Waals surface area (Å²) in [5.41, 5.74) is 2.62. The first-order chi connectivity index (χ1) is 10.9. The summed E-state index contributed by atoms with van der Waals surface area (Å²) in [6.45, 7) is 19.3. The summed E-state index contributed by atoms with van der Waals surface area (Å²) < 4.78 is 5.94. The molecule has 0 spiro atoms. The topological polar surface area (TPSA) is 19.0 Å². The smallest absolute Gasteiger partial charge is 0.102 e. The highest BCUT2D eigenvalue weighted by Gasteiger charge is 2.43. The third-order valence-corrected chi connectivity index (χ3v) is 7.21. The molecule has 2 rings (SSSR count). The summed E-state index contributed by atoms with van der Waals surface area (Å²) in [7, 11) is 1.83. The largest absolute Gasteiger partial charge is 0.373 e. The summed E-state index contributed by atoms with van der Waals surface area (Å²) in [6, 6.07) is 0.448. The van der Waals surface area contributed by atoms with E-state index in [1.807, 2.05) is 7.11 Å². The molecule has 23 heavy (non-hydrogen) atoms. The van der Waals surface area contributed by atoms with E-state index in [1.54, 1.807) is 0 Å². The fraction of sp³-hybridized carbons (Fsp3) is 0.889. The lowest BCUT2D eigenvalue weighted by atomic mass is 9.85. The molecule has 2 unspecified atom stereocenters. The van der Waals surface area contributed by atoms with Gasteiger partial charge in [-0.2, -0.15) is 0 Å². The molecular formula is C18H34BrN3O. The number of piperazine rings is 1. The predicted molar refractivity (Wildman–Crippen MR) is 101 cm³/mol. The van der Waals surface area contributed by atoms with Gasteiger partial charge in [0, 0.05) is 58.1 Å². The Morgan fingerprint density at radius 2 is 1.83 bits per heavy atom. The quantitative estimate of drug-likeness (QED) is 0.675. The average Bonchev–Trinajstić information content (AvgIpc) is 2.58. The third kappa shape index (κ3) is 3.63. The standard InChI is InChI=1S/C18H34BrN3O/c1-7-20-9-11-22(12-10-20)15(4)17-14(3)18(5,23-6)16(19)13-21(17)8-2/h15-16H,7-13H2,1-6H3/t15?,16-,18?/m0/s1. The van der Waals surface area contributed by atoms with Gasteiger partial charge in [0.1, 0.15) is 5.60 Å². The first kappa shape index (κ1) is 19.2. The van der Waals surface area contributed by atoms with E-state index in [-0.39, 0.29) is 5.60 Å². The molecule has 2 aliphatic rings. The van der Waals surface area contributed by atoms with Crippen molar-refractivity contribution in [2.75, 3.05) is 52.9 Å². The zero-order chi connectivity index (χ0) is 17.2. The molecule has 0 bridgehead atoms. The van der Waals surface area contributed by atoms with Crippen LogP contribution in [0.3, 0.4) is 0 Å². The first-order valence-corrected chi connectivity index (χ1v) is 9.92. The van der Waals surface area contributed by atoms with Gasteiger partial charge in [-0.25, -0.2) is 0 Å².